The zero-order valence-electron chi connectivity index (χ0n) is 17.7. The third-order valence-corrected chi connectivity index (χ3v) is 5.83. The third-order valence-electron chi connectivity index (χ3n) is 5.83. The predicted octanol–water partition coefficient (Wildman–Crippen LogP) is 7.67. The van der Waals surface area contributed by atoms with E-state index in [1.54, 1.807) is 6.07 Å². The molecule has 1 aliphatic rings. The van der Waals surface area contributed by atoms with Gasteiger partial charge in [-0.2, -0.15) is 13.2 Å². The molecule has 0 unspecified atom stereocenters. The SMILES string of the molecule is CCCC1CCC(c2ccc(COc3cc(F)c(C#CC(F)(F)F)c(F)c3)c(F)c2)CC1. The van der Waals surface area contributed by atoms with E-state index in [1.807, 2.05) is 6.07 Å². The van der Waals surface area contributed by atoms with Crippen molar-refractivity contribution in [3.05, 3.63) is 64.5 Å². The van der Waals surface area contributed by atoms with Crippen LogP contribution in [0, 0.1) is 35.2 Å². The molecule has 1 fully saturated rings. The van der Waals surface area contributed by atoms with Gasteiger partial charge in [-0.15, -0.1) is 0 Å². The van der Waals surface area contributed by atoms with Crippen LogP contribution in [0.3, 0.4) is 0 Å². The number of halogens is 6. The van der Waals surface area contributed by atoms with Gasteiger partial charge < -0.3 is 4.74 Å². The minimum absolute atomic E-state index is 0.218. The Hall–Kier alpha value is -2.62. The van der Waals surface area contributed by atoms with E-state index in [0.717, 1.165) is 55.2 Å². The van der Waals surface area contributed by atoms with Crippen molar-refractivity contribution < 1.29 is 31.1 Å². The molecule has 32 heavy (non-hydrogen) atoms. The Labute approximate surface area is 183 Å². The van der Waals surface area contributed by atoms with Crippen LogP contribution in [0.25, 0.3) is 0 Å². The van der Waals surface area contributed by atoms with Gasteiger partial charge in [-0.25, -0.2) is 13.2 Å². The summed E-state index contributed by atoms with van der Waals surface area (Å²) < 4.78 is 84.2. The molecular weight excluding hydrogens is 430 g/mol. The van der Waals surface area contributed by atoms with Gasteiger partial charge in [-0.05, 0) is 49.1 Å². The molecule has 0 aromatic heterocycles. The summed E-state index contributed by atoms with van der Waals surface area (Å²) in [6.45, 7) is 1.91. The number of ether oxygens (including phenoxy) is 1. The zero-order valence-corrected chi connectivity index (χ0v) is 17.7. The van der Waals surface area contributed by atoms with Crippen molar-refractivity contribution in [3.8, 4) is 17.6 Å². The molecule has 0 atom stereocenters. The Morgan fingerprint density at radius 2 is 1.59 bits per heavy atom. The Kier molecular flexibility index (Phi) is 7.76. The van der Waals surface area contributed by atoms with E-state index in [1.165, 1.54) is 24.8 Å². The maximum Gasteiger partial charge on any atom is 0.458 e. The summed E-state index contributed by atoms with van der Waals surface area (Å²) in [7, 11) is 0. The lowest BCUT2D eigenvalue weighted by molar-refractivity contribution is -0.0696. The first-order valence-electron chi connectivity index (χ1n) is 10.7. The predicted molar refractivity (Wildman–Crippen MR) is 110 cm³/mol. The molecule has 0 radical (unpaired) electrons. The quantitative estimate of drug-likeness (QED) is 0.321. The first kappa shape index (κ1) is 24.0. The van der Waals surface area contributed by atoms with Gasteiger partial charge >= 0.3 is 6.18 Å². The first-order valence-corrected chi connectivity index (χ1v) is 10.7. The van der Waals surface area contributed by atoms with Crippen molar-refractivity contribution in [1.29, 1.82) is 0 Å². The number of alkyl halides is 3. The number of rotatable bonds is 6. The van der Waals surface area contributed by atoms with Gasteiger partial charge in [0.05, 0.1) is 5.56 Å². The molecule has 2 aromatic rings. The van der Waals surface area contributed by atoms with Crippen molar-refractivity contribution in [2.45, 2.75) is 64.1 Å². The van der Waals surface area contributed by atoms with Gasteiger partial charge in [0, 0.05) is 23.6 Å². The molecular formula is C25H24F6O. The largest absolute Gasteiger partial charge is 0.489 e. The highest BCUT2D eigenvalue weighted by Gasteiger charge is 2.24. The molecule has 1 nitrogen and oxygen atoms in total. The van der Waals surface area contributed by atoms with Crippen LogP contribution in [0.5, 0.6) is 5.75 Å². The maximum atomic E-state index is 14.6. The van der Waals surface area contributed by atoms with Gasteiger partial charge in [0.15, 0.2) is 0 Å². The van der Waals surface area contributed by atoms with Gasteiger partial charge in [-0.1, -0.05) is 37.8 Å². The van der Waals surface area contributed by atoms with Crippen LogP contribution in [-0.4, -0.2) is 6.18 Å². The summed E-state index contributed by atoms with van der Waals surface area (Å²) in [5.74, 6) is 0.0276. The highest BCUT2D eigenvalue weighted by molar-refractivity contribution is 5.42. The second-order valence-electron chi connectivity index (χ2n) is 8.16. The van der Waals surface area contributed by atoms with Crippen LogP contribution in [0.15, 0.2) is 30.3 Å². The lowest BCUT2D eigenvalue weighted by atomic mass is 9.77. The Morgan fingerprint density at radius 3 is 2.16 bits per heavy atom. The molecule has 0 aliphatic heterocycles. The summed E-state index contributed by atoms with van der Waals surface area (Å²) >= 11 is 0. The second-order valence-corrected chi connectivity index (χ2v) is 8.16. The Bertz CT molecular complexity index is 971. The molecule has 1 saturated carbocycles. The second kappa shape index (κ2) is 10.3. The van der Waals surface area contributed by atoms with E-state index in [4.69, 9.17) is 4.74 Å². The lowest BCUT2D eigenvalue weighted by Gasteiger charge is -2.28. The highest BCUT2D eigenvalue weighted by Crippen LogP contribution is 2.38. The van der Waals surface area contributed by atoms with Crippen LogP contribution >= 0.6 is 0 Å². The van der Waals surface area contributed by atoms with Crippen LogP contribution in [-0.2, 0) is 6.61 Å². The highest BCUT2D eigenvalue weighted by atomic mass is 19.4. The topological polar surface area (TPSA) is 9.23 Å². The minimum atomic E-state index is -4.87. The van der Waals surface area contributed by atoms with Crippen molar-refractivity contribution >= 4 is 0 Å². The van der Waals surface area contributed by atoms with E-state index in [-0.39, 0.29) is 17.9 Å². The fourth-order valence-electron chi connectivity index (χ4n) is 4.17. The monoisotopic (exact) mass is 454 g/mol. The minimum Gasteiger partial charge on any atom is -0.489 e. The van der Waals surface area contributed by atoms with E-state index in [0.29, 0.717) is 5.92 Å². The average molecular weight is 454 g/mol. The van der Waals surface area contributed by atoms with Crippen LogP contribution in [0.4, 0.5) is 26.3 Å². The number of benzene rings is 2. The summed E-state index contributed by atoms with van der Waals surface area (Å²) in [6, 6.07) is 6.39. The van der Waals surface area contributed by atoms with E-state index in [9.17, 15) is 26.3 Å². The summed E-state index contributed by atoms with van der Waals surface area (Å²) in [5.41, 5.74) is 0.153. The standard InChI is InChI=1S/C25H24F6O/c1-2-3-16-4-6-17(7-5-16)18-8-9-19(22(26)12-18)15-32-20-13-23(27)21(24(28)14-20)10-11-25(29,30)31/h8-9,12-14,16-17H,2-7,15H2,1H3. The van der Waals surface area contributed by atoms with Gasteiger partial charge in [-0.3, -0.25) is 0 Å². The van der Waals surface area contributed by atoms with E-state index < -0.39 is 29.2 Å². The molecule has 0 spiro atoms. The summed E-state index contributed by atoms with van der Waals surface area (Å²) in [5, 5.41) is 0. The van der Waals surface area contributed by atoms with Crippen molar-refractivity contribution in [2.24, 2.45) is 5.92 Å². The fourth-order valence-corrected chi connectivity index (χ4v) is 4.17. The van der Waals surface area contributed by atoms with Crippen molar-refractivity contribution in [1.82, 2.24) is 0 Å². The van der Waals surface area contributed by atoms with Crippen molar-refractivity contribution in [3.63, 3.8) is 0 Å². The van der Waals surface area contributed by atoms with E-state index in [2.05, 4.69) is 6.92 Å². The zero-order chi connectivity index (χ0) is 23.3. The molecule has 172 valence electrons. The lowest BCUT2D eigenvalue weighted by Crippen LogP contribution is -2.13. The molecule has 1 aliphatic carbocycles. The molecule has 0 saturated heterocycles. The van der Waals surface area contributed by atoms with Gasteiger partial charge in [0.25, 0.3) is 0 Å². The smallest absolute Gasteiger partial charge is 0.458 e. The molecule has 0 bridgehead atoms. The summed E-state index contributed by atoms with van der Waals surface area (Å²) in [4.78, 5) is 0. The maximum absolute atomic E-state index is 14.6. The Morgan fingerprint density at radius 1 is 0.938 bits per heavy atom. The summed E-state index contributed by atoms with van der Waals surface area (Å²) in [6.07, 6.45) is 1.89. The average Bonchev–Trinajstić information content (AvgIpc) is 2.72. The van der Waals surface area contributed by atoms with Crippen LogP contribution in [0.1, 0.15) is 68.1 Å². The molecule has 3 rings (SSSR count). The van der Waals surface area contributed by atoms with E-state index >= 15 is 0 Å². The molecule has 7 heteroatoms. The molecule has 0 heterocycles. The normalized spacial score (nSPS) is 18.7. The fraction of sp³-hybridized carbons (Fsp3) is 0.440. The number of hydrogen-bond acceptors (Lipinski definition) is 1. The van der Waals surface area contributed by atoms with Gasteiger partial charge in [0.2, 0.25) is 0 Å². The third kappa shape index (κ3) is 6.44. The van der Waals surface area contributed by atoms with Gasteiger partial charge in [0.1, 0.15) is 29.8 Å². The number of hydrogen-bond donors (Lipinski definition) is 0. The van der Waals surface area contributed by atoms with Crippen LogP contribution in [0.2, 0.25) is 0 Å². The molecule has 0 amide bonds. The first-order chi connectivity index (χ1) is 15.2. The molecule has 0 N–H and O–H groups in total. The van der Waals surface area contributed by atoms with Crippen molar-refractivity contribution in [2.75, 3.05) is 0 Å². The van der Waals surface area contributed by atoms with Crippen LogP contribution < -0.4 is 4.74 Å². The Balaban J connectivity index is 1.64. The molecule has 2 aromatic carbocycles.